The normalized spacial score (nSPS) is 14.5. The summed E-state index contributed by atoms with van der Waals surface area (Å²) in [5.41, 5.74) is 1.97. The van der Waals surface area contributed by atoms with E-state index in [0.717, 1.165) is 24.8 Å². The predicted molar refractivity (Wildman–Crippen MR) is 106 cm³/mol. The Hall–Kier alpha value is -2.14. The molecule has 0 N–H and O–H groups in total. The van der Waals surface area contributed by atoms with Crippen LogP contribution in [0.3, 0.4) is 0 Å². The van der Waals surface area contributed by atoms with Crippen LogP contribution in [0, 0.1) is 0 Å². The van der Waals surface area contributed by atoms with E-state index in [0.29, 0.717) is 32.6 Å². The van der Waals surface area contributed by atoms with Crippen molar-refractivity contribution in [2.75, 3.05) is 26.2 Å². The van der Waals surface area contributed by atoms with E-state index in [2.05, 4.69) is 18.4 Å². The summed E-state index contributed by atoms with van der Waals surface area (Å²) in [7, 11) is 0. The highest BCUT2D eigenvalue weighted by molar-refractivity contribution is 7.09. The summed E-state index contributed by atoms with van der Waals surface area (Å²) >= 11 is 1.74. The summed E-state index contributed by atoms with van der Waals surface area (Å²) in [6.07, 6.45) is 3.42. The van der Waals surface area contributed by atoms with E-state index in [1.165, 1.54) is 10.4 Å². The van der Waals surface area contributed by atoms with Gasteiger partial charge in [-0.05, 0) is 48.4 Å². The number of benzene rings is 1. The Morgan fingerprint density at radius 2 is 1.69 bits per heavy atom. The minimum Gasteiger partial charge on any atom is -0.339 e. The number of piperazine rings is 1. The molecule has 0 atom stereocenters. The predicted octanol–water partition coefficient (Wildman–Crippen LogP) is 3.62. The van der Waals surface area contributed by atoms with Crippen molar-refractivity contribution in [3.63, 3.8) is 0 Å². The fraction of sp³-hybridized carbons (Fsp3) is 0.429. The Balaban J connectivity index is 1.44. The number of amides is 2. The average molecular weight is 371 g/mol. The second-order valence-electron chi connectivity index (χ2n) is 6.66. The molecule has 2 aromatic rings. The summed E-state index contributed by atoms with van der Waals surface area (Å²) in [6, 6.07) is 12.0. The van der Waals surface area contributed by atoms with E-state index in [4.69, 9.17) is 0 Å². The molecule has 2 amide bonds. The lowest BCUT2D eigenvalue weighted by molar-refractivity contribution is -0.132. The molecule has 0 aliphatic carbocycles. The van der Waals surface area contributed by atoms with E-state index < -0.39 is 0 Å². The average Bonchev–Trinajstić information content (AvgIpc) is 3.21. The van der Waals surface area contributed by atoms with Crippen LogP contribution in [0.1, 0.15) is 40.6 Å². The van der Waals surface area contributed by atoms with Gasteiger partial charge >= 0.3 is 0 Å². The van der Waals surface area contributed by atoms with Crippen molar-refractivity contribution < 1.29 is 9.59 Å². The molecule has 1 aliphatic heterocycles. The van der Waals surface area contributed by atoms with Crippen molar-refractivity contribution >= 4 is 23.2 Å². The quantitative estimate of drug-likeness (QED) is 0.779. The van der Waals surface area contributed by atoms with E-state index in [-0.39, 0.29) is 11.8 Å². The van der Waals surface area contributed by atoms with Gasteiger partial charge in [0.25, 0.3) is 5.91 Å². The molecule has 2 heterocycles. The third-order valence-electron chi connectivity index (χ3n) is 4.92. The molecule has 3 rings (SSSR count). The van der Waals surface area contributed by atoms with Crippen LogP contribution < -0.4 is 0 Å². The Labute approximate surface area is 159 Å². The zero-order valence-corrected chi connectivity index (χ0v) is 16.1. The Kier molecular flexibility index (Phi) is 6.45. The smallest absolute Gasteiger partial charge is 0.253 e. The summed E-state index contributed by atoms with van der Waals surface area (Å²) in [4.78, 5) is 30.1. The number of thiophene rings is 1. The molecule has 0 saturated carbocycles. The molecule has 26 heavy (non-hydrogen) atoms. The second kappa shape index (κ2) is 8.99. The maximum absolute atomic E-state index is 12.6. The number of carbonyl (C=O) groups is 2. The molecule has 0 bridgehead atoms. The summed E-state index contributed by atoms with van der Waals surface area (Å²) in [5, 5.41) is 2.07. The Bertz CT molecular complexity index is 717. The van der Waals surface area contributed by atoms with Crippen LogP contribution in [0.2, 0.25) is 0 Å². The Morgan fingerprint density at radius 1 is 1.00 bits per heavy atom. The van der Waals surface area contributed by atoms with Gasteiger partial charge in [0.1, 0.15) is 0 Å². The van der Waals surface area contributed by atoms with Crippen LogP contribution >= 0.6 is 11.3 Å². The van der Waals surface area contributed by atoms with Crippen LogP contribution in [-0.2, 0) is 17.6 Å². The van der Waals surface area contributed by atoms with Crippen LogP contribution in [0.4, 0.5) is 0 Å². The molecule has 1 saturated heterocycles. The van der Waals surface area contributed by atoms with E-state index in [9.17, 15) is 9.59 Å². The van der Waals surface area contributed by atoms with Gasteiger partial charge in [0.05, 0.1) is 0 Å². The first-order valence-electron chi connectivity index (χ1n) is 9.35. The van der Waals surface area contributed by atoms with Crippen molar-refractivity contribution in [3.8, 4) is 0 Å². The van der Waals surface area contributed by atoms with Crippen molar-refractivity contribution in [3.05, 3.63) is 57.8 Å². The standard InChI is InChI=1S/C21H26N2O2S/c1-2-17-8-10-18(11-9-17)21(25)23-14-12-22(13-15-23)20(24)7-3-5-19-6-4-16-26-19/h4,6,8-11,16H,2-3,5,7,12-15H2,1H3. The van der Waals surface area contributed by atoms with Gasteiger partial charge in [-0.2, -0.15) is 0 Å². The highest BCUT2D eigenvalue weighted by Gasteiger charge is 2.24. The maximum atomic E-state index is 12.6. The van der Waals surface area contributed by atoms with Crippen molar-refractivity contribution in [1.29, 1.82) is 0 Å². The maximum Gasteiger partial charge on any atom is 0.253 e. The SMILES string of the molecule is CCc1ccc(C(=O)N2CCN(C(=O)CCCc3cccs3)CC2)cc1. The number of nitrogens with zero attached hydrogens (tertiary/aromatic N) is 2. The van der Waals surface area contributed by atoms with E-state index in [1.54, 1.807) is 11.3 Å². The van der Waals surface area contributed by atoms with Crippen molar-refractivity contribution in [2.24, 2.45) is 0 Å². The molecule has 138 valence electrons. The molecule has 0 unspecified atom stereocenters. The lowest BCUT2D eigenvalue weighted by Gasteiger charge is -2.35. The first-order chi connectivity index (χ1) is 12.7. The fourth-order valence-corrected chi connectivity index (χ4v) is 4.00. The number of carbonyl (C=O) groups excluding carboxylic acids is 2. The van der Waals surface area contributed by atoms with Gasteiger partial charge < -0.3 is 9.80 Å². The molecule has 4 nitrogen and oxygen atoms in total. The molecule has 0 spiro atoms. The fourth-order valence-electron chi connectivity index (χ4n) is 3.25. The van der Waals surface area contributed by atoms with Gasteiger partial charge in [-0.15, -0.1) is 11.3 Å². The first kappa shape index (κ1) is 18.6. The minimum atomic E-state index is 0.0671. The Morgan fingerprint density at radius 3 is 2.31 bits per heavy atom. The molecular formula is C21H26N2O2S. The van der Waals surface area contributed by atoms with Crippen LogP contribution in [0.15, 0.2) is 41.8 Å². The lowest BCUT2D eigenvalue weighted by atomic mass is 10.1. The van der Waals surface area contributed by atoms with Crippen LogP contribution in [-0.4, -0.2) is 47.8 Å². The van der Waals surface area contributed by atoms with Gasteiger partial charge in [-0.25, -0.2) is 0 Å². The van der Waals surface area contributed by atoms with E-state index in [1.807, 2.05) is 40.1 Å². The monoisotopic (exact) mass is 370 g/mol. The molecule has 1 aromatic heterocycles. The lowest BCUT2D eigenvalue weighted by Crippen LogP contribution is -2.50. The molecular weight excluding hydrogens is 344 g/mol. The van der Waals surface area contributed by atoms with Gasteiger partial charge in [-0.1, -0.05) is 25.1 Å². The van der Waals surface area contributed by atoms with E-state index >= 15 is 0 Å². The highest BCUT2D eigenvalue weighted by atomic mass is 32.1. The van der Waals surface area contributed by atoms with Gasteiger partial charge in [0, 0.05) is 43.0 Å². The van der Waals surface area contributed by atoms with Crippen LogP contribution in [0.5, 0.6) is 0 Å². The minimum absolute atomic E-state index is 0.0671. The third-order valence-corrected chi connectivity index (χ3v) is 5.86. The van der Waals surface area contributed by atoms with Gasteiger partial charge in [-0.3, -0.25) is 9.59 Å². The van der Waals surface area contributed by atoms with Gasteiger partial charge in [0.2, 0.25) is 5.91 Å². The number of hydrogen-bond donors (Lipinski definition) is 0. The van der Waals surface area contributed by atoms with Crippen molar-refractivity contribution in [2.45, 2.75) is 32.6 Å². The molecule has 5 heteroatoms. The van der Waals surface area contributed by atoms with Crippen LogP contribution in [0.25, 0.3) is 0 Å². The summed E-state index contributed by atoms with van der Waals surface area (Å²) < 4.78 is 0. The number of aryl methyl sites for hydroxylation is 2. The first-order valence-corrected chi connectivity index (χ1v) is 10.2. The highest BCUT2D eigenvalue weighted by Crippen LogP contribution is 2.14. The zero-order chi connectivity index (χ0) is 18.4. The zero-order valence-electron chi connectivity index (χ0n) is 15.3. The van der Waals surface area contributed by atoms with Gasteiger partial charge in [0.15, 0.2) is 0 Å². The molecule has 0 radical (unpaired) electrons. The van der Waals surface area contributed by atoms with Crippen molar-refractivity contribution in [1.82, 2.24) is 9.80 Å². The summed E-state index contributed by atoms with van der Waals surface area (Å²) in [6.45, 7) is 4.61. The molecule has 1 aromatic carbocycles. The second-order valence-corrected chi connectivity index (χ2v) is 7.69. The number of hydrogen-bond acceptors (Lipinski definition) is 3. The summed E-state index contributed by atoms with van der Waals surface area (Å²) in [5.74, 6) is 0.276. The topological polar surface area (TPSA) is 40.6 Å². The largest absolute Gasteiger partial charge is 0.339 e. The molecule has 1 aliphatic rings. The third kappa shape index (κ3) is 4.73. The number of rotatable bonds is 6. The molecule has 1 fully saturated rings.